The number of hydrogen-bond acceptors (Lipinski definition) is 4. The van der Waals surface area contributed by atoms with Gasteiger partial charge in [0.15, 0.2) is 13.2 Å². The average Bonchev–Trinajstić information content (AvgIpc) is 2.57. The lowest BCUT2D eigenvalue weighted by Gasteiger charge is -2.11. The van der Waals surface area contributed by atoms with Crippen molar-refractivity contribution in [3.05, 3.63) is 59.2 Å². The highest BCUT2D eigenvalue weighted by Gasteiger charge is 2.08. The van der Waals surface area contributed by atoms with E-state index < -0.39 is 11.8 Å². The lowest BCUT2D eigenvalue weighted by atomic mass is 10.1. The Balaban J connectivity index is 1.69. The van der Waals surface area contributed by atoms with Crippen LogP contribution in [0.3, 0.4) is 0 Å². The van der Waals surface area contributed by atoms with Crippen LogP contribution in [0.4, 0.5) is 0 Å². The summed E-state index contributed by atoms with van der Waals surface area (Å²) in [6, 6.07) is 13.0. The smallest absolute Gasteiger partial charge is 0.276 e. The van der Waals surface area contributed by atoms with Crippen molar-refractivity contribution in [3.63, 3.8) is 0 Å². The second kappa shape index (κ2) is 8.73. The van der Waals surface area contributed by atoms with Gasteiger partial charge in [-0.15, -0.1) is 0 Å². The molecule has 0 aliphatic carbocycles. The van der Waals surface area contributed by atoms with Crippen molar-refractivity contribution in [2.45, 2.75) is 20.8 Å². The maximum Gasteiger partial charge on any atom is 0.276 e. The molecular formula is C19H22N2O4. The molecule has 2 aromatic carbocycles. The molecule has 2 amide bonds. The van der Waals surface area contributed by atoms with Gasteiger partial charge in [0, 0.05) is 0 Å². The maximum atomic E-state index is 11.7. The third-order valence-corrected chi connectivity index (χ3v) is 3.39. The van der Waals surface area contributed by atoms with Crippen molar-refractivity contribution in [2.75, 3.05) is 13.2 Å². The van der Waals surface area contributed by atoms with Gasteiger partial charge in [-0.2, -0.15) is 0 Å². The number of ether oxygens (including phenoxy) is 2. The first kappa shape index (κ1) is 18.3. The average molecular weight is 342 g/mol. The molecule has 2 aromatic rings. The zero-order chi connectivity index (χ0) is 18.2. The predicted octanol–water partition coefficient (Wildman–Crippen LogP) is 2.22. The Hall–Kier alpha value is -3.02. The third kappa shape index (κ3) is 6.18. The normalized spacial score (nSPS) is 10.0. The van der Waals surface area contributed by atoms with Crippen LogP contribution in [0.2, 0.25) is 0 Å². The third-order valence-electron chi connectivity index (χ3n) is 3.39. The Kier molecular flexibility index (Phi) is 6.39. The largest absolute Gasteiger partial charge is 0.484 e. The fourth-order valence-corrected chi connectivity index (χ4v) is 2.17. The highest BCUT2D eigenvalue weighted by molar-refractivity contribution is 5.83. The summed E-state index contributed by atoms with van der Waals surface area (Å²) in [5, 5.41) is 0. The van der Waals surface area contributed by atoms with Gasteiger partial charge in [-0.05, 0) is 50.1 Å². The zero-order valence-electron chi connectivity index (χ0n) is 14.6. The van der Waals surface area contributed by atoms with Gasteiger partial charge in [-0.3, -0.25) is 20.4 Å². The van der Waals surface area contributed by atoms with E-state index in [9.17, 15) is 9.59 Å². The maximum absolute atomic E-state index is 11.7. The molecule has 6 nitrogen and oxygen atoms in total. The molecule has 25 heavy (non-hydrogen) atoms. The van der Waals surface area contributed by atoms with Crippen LogP contribution in [-0.2, 0) is 9.59 Å². The highest BCUT2D eigenvalue weighted by atomic mass is 16.5. The van der Waals surface area contributed by atoms with Crippen LogP contribution in [0.5, 0.6) is 11.5 Å². The van der Waals surface area contributed by atoms with E-state index in [0.717, 1.165) is 16.7 Å². The van der Waals surface area contributed by atoms with E-state index in [2.05, 4.69) is 10.9 Å². The number of carbonyl (C=O) groups is 2. The van der Waals surface area contributed by atoms with Crippen molar-refractivity contribution in [1.29, 1.82) is 0 Å². The number of hydrogen-bond donors (Lipinski definition) is 2. The number of aryl methyl sites for hydroxylation is 3. The van der Waals surface area contributed by atoms with E-state index >= 15 is 0 Å². The zero-order valence-corrected chi connectivity index (χ0v) is 14.6. The van der Waals surface area contributed by atoms with Crippen molar-refractivity contribution >= 4 is 11.8 Å². The molecule has 0 atom stereocenters. The van der Waals surface area contributed by atoms with Crippen LogP contribution in [0, 0.1) is 20.8 Å². The minimum atomic E-state index is -0.457. The van der Waals surface area contributed by atoms with E-state index in [1.165, 1.54) is 0 Å². The first-order valence-electron chi connectivity index (χ1n) is 7.91. The quantitative estimate of drug-likeness (QED) is 0.789. The Morgan fingerprint density at radius 3 is 2.12 bits per heavy atom. The number of hydrazine groups is 1. The van der Waals surface area contributed by atoms with Gasteiger partial charge in [0.1, 0.15) is 11.5 Å². The first-order valence-corrected chi connectivity index (χ1v) is 7.91. The minimum Gasteiger partial charge on any atom is -0.484 e. The molecule has 0 aliphatic heterocycles. The van der Waals surface area contributed by atoms with E-state index in [0.29, 0.717) is 11.5 Å². The highest BCUT2D eigenvalue weighted by Crippen LogP contribution is 2.18. The fraction of sp³-hybridized carbons (Fsp3) is 0.263. The van der Waals surface area contributed by atoms with Crippen molar-refractivity contribution in [3.8, 4) is 11.5 Å². The van der Waals surface area contributed by atoms with Crippen molar-refractivity contribution in [2.24, 2.45) is 0 Å². The van der Waals surface area contributed by atoms with Crippen molar-refractivity contribution in [1.82, 2.24) is 10.9 Å². The Morgan fingerprint density at radius 1 is 0.840 bits per heavy atom. The summed E-state index contributed by atoms with van der Waals surface area (Å²) in [7, 11) is 0. The van der Waals surface area contributed by atoms with Gasteiger partial charge >= 0.3 is 0 Å². The molecule has 2 N–H and O–H groups in total. The summed E-state index contributed by atoms with van der Waals surface area (Å²) < 4.78 is 10.8. The molecule has 0 unspecified atom stereocenters. The molecule has 0 aliphatic rings. The van der Waals surface area contributed by atoms with Gasteiger partial charge in [-0.1, -0.05) is 29.8 Å². The molecule has 0 aromatic heterocycles. The topological polar surface area (TPSA) is 76.7 Å². The molecule has 0 bridgehead atoms. The summed E-state index contributed by atoms with van der Waals surface area (Å²) in [5.74, 6) is 0.319. The van der Waals surface area contributed by atoms with Gasteiger partial charge in [-0.25, -0.2) is 0 Å². The number of rotatable bonds is 6. The number of nitrogens with one attached hydrogen (secondary N) is 2. The number of benzene rings is 2. The standard InChI is InChI=1S/C19H22N2O4/c1-13-5-4-6-16(10-13)24-11-18(22)20-21-19(23)12-25-17-8-7-14(2)9-15(17)3/h4-10H,11-12H2,1-3H3,(H,20,22)(H,21,23). The lowest BCUT2D eigenvalue weighted by molar-refractivity contribution is -0.131. The molecule has 132 valence electrons. The predicted molar refractivity (Wildman–Crippen MR) is 94.4 cm³/mol. The van der Waals surface area contributed by atoms with Crippen LogP contribution in [0.15, 0.2) is 42.5 Å². The van der Waals surface area contributed by atoms with E-state index in [4.69, 9.17) is 9.47 Å². The SMILES string of the molecule is Cc1cccc(OCC(=O)NNC(=O)COc2ccc(C)cc2C)c1. The first-order chi connectivity index (χ1) is 11.9. The second-order valence-electron chi connectivity index (χ2n) is 5.76. The van der Waals surface area contributed by atoms with E-state index in [-0.39, 0.29) is 13.2 Å². The molecule has 0 radical (unpaired) electrons. The Labute approximate surface area is 147 Å². The summed E-state index contributed by atoms with van der Waals surface area (Å²) in [6.07, 6.45) is 0. The van der Waals surface area contributed by atoms with Gasteiger partial charge in [0.25, 0.3) is 11.8 Å². The van der Waals surface area contributed by atoms with Crippen LogP contribution < -0.4 is 20.3 Å². The summed E-state index contributed by atoms with van der Waals surface area (Å²) in [4.78, 5) is 23.4. The molecule has 6 heteroatoms. The second-order valence-corrected chi connectivity index (χ2v) is 5.76. The monoisotopic (exact) mass is 342 g/mol. The van der Waals surface area contributed by atoms with Gasteiger partial charge < -0.3 is 9.47 Å². The Morgan fingerprint density at radius 2 is 1.48 bits per heavy atom. The molecule has 0 saturated heterocycles. The minimum absolute atomic E-state index is 0.192. The molecular weight excluding hydrogens is 320 g/mol. The molecule has 0 fully saturated rings. The van der Waals surface area contributed by atoms with E-state index in [1.807, 2.05) is 57.2 Å². The fourth-order valence-electron chi connectivity index (χ4n) is 2.17. The molecule has 0 saturated carbocycles. The summed E-state index contributed by atoms with van der Waals surface area (Å²) >= 11 is 0. The van der Waals surface area contributed by atoms with Gasteiger partial charge in [0.2, 0.25) is 0 Å². The van der Waals surface area contributed by atoms with E-state index in [1.54, 1.807) is 6.07 Å². The number of amides is 2. The van der Waals surface area contributed by atoms with Crippen LogP contribution in [-0.4, -0.2) is 25.0 Å². The van der Waals surface area contributed by atoms with Crippen LogP contribution in [0.1, 0.15) is 16.7 Å². The summed E-state index contributed by atoms with van der Waals surface area (Å²) in [6.45, 7) is 5.44. The van der Waals surface area contributed by atoms with Crippen LogP contribution >= 0.6 is 0 Å². The number of carbonyl (C=O) groups excluding carboxylic acids is 2. The Bertz CT molecular complexity index is 759. The van der Waals surface area contributed by atoms with Gasteiger partial charge in [0.05, 0.1) is 0 Å². The molecule has 0 spiro atoms. The summed E-state index contributed by atoms with van der Waals surface area (Å²) in [5.41, 5.74) is 7.68. The molecule has 0 heterocycles. The van der Waals surface area contributed by atoms with Crippen molar-refractivity contribution < 1.29 is 19.1 Å². The van der Waals surface area contributed by atoms with Crippen LogP contribution in [0.25, 0.3) is 0 Å². The lowest BCUT2D eigenvalue weighted by Crippen LogP contribution is -2.45. The molecule has 2 rings (SSSR count).